The van der Waals surface area contributed by atoms with Crippen molar-refractivity contribution in [3.63, 3.8) is 0 Å². The molecule has 18 heavy (non-hydrogen) atoms. The molecule has 4 heteroatoms. The van der Waals surface area contributed by atoms with Crippen LogP contribution >= 0.6 is 0 Å². The van der Waals surface area contributed by atoms with Crippen LogP contribution in [0.3, 0.4) is 0 Å². The van der Waals surface area contributed by atoms with Gasteiger partial charge in [0, 0.05) is 37.3 Å². The molecule has 1 fully saturated rings. The second kappa shape index (κ2) is 5.47. The van der Waals surface area contributed by atoms with E-state index in [0.29, 0.717) is 24.2 Å². The van der Waals surface area contributed by atoms with Crippen molar-refractivity contribution in [1.29, 1.82) is 5.26 Å². The molecule has 1 heterocycles. The molecule has 3 nitrogen and oxygen atoms in total. The molecule has 1 aliphatic heterocycles. The van der Waals surface area contributed by atoms with Crippen LogP contribution in [-0.2, 0) is 6.54 Å². The molecule has 0 amide bonds. The third kappa shape index (κ3) is 2.87. The Balaban J connectivity index is 2.12. The van der Waals surface area contributed by atoms with E-state index in [1.54, 1.807) is 12.1 Å². The first-order chi connectivity index (χ1) is 8.60. The Hall–Kier alpha value is -1.44. The molecule has 1 aromatic rings. The van der Waals surface area contributed by atoms with Gasteiger partial charge < -0.3 is 5.32 Å². The molecular formula is C14H18FN3. The van der Waals surface area contributed by atoms with Crippen molar-refractivity contribution in [2.45, 2.75) is 32.5 Å². The SMILES string of the molecule is CC1CN(Cc2cccc(C#N)c2F)CC(C)N1. The Kier molecular flexibility index (Phi) is 3.95. The van der Waals surface area contributed by atoms with Crippen LogP contribution in [0.2, 0.25) is 0 Å². The molecule has 2 rings (SSSR count). The van der Waals surface area contributed by atoms with E-state index in [9.17, 15) is 4.39 Å². The van der Waals surface area contributed by atoms with E-state index < -0.39 is 0 Å². The average molecular weight is 247 g/mol. The summed E-state index contributed by atoms with van der Waals surface area (Å²) in [5.74, 6) is -0.376. The highest BCUT2D eigenvalue weighted by atomic mass is 19.1. The van der Waals surface area contributed by atoms with Gasteiger partial charge in [-0.3, -0.25) is 4.90 Å². The monoisotopic (exact) mass is 247 g/mol. The van der Waals surface area contributed by atoms with Gasteiger partial charge in [-0.2, -0.15) is 5.26 Å². The van der Waals surface area contributed by atoms with Crippen molar-refractivity contribution >= 4 is 0 Å². The van der Waals surface area contributed by atoms with Gasteiger partial charge in [0.2, 0.25) is 0 Å². The van der Waals surface area contributed by atoms with Crippen LogP contribution in [0.5, 0.6) is 0 Å². The summed E-state index contributed by atoms with van der Waals surface area (Å²) in [5.41, 5.74) is 0.735. The summed E-state index contributed by atoms with van der Waals surface area (Å²) >= 11 is 0. The molecule has 0 radical (unpaired) electrons. The van der Waals surface area contributed by atoms with E-state index in [0.717, 1.165) is 13.1 Å². The Morgan fingerprint density at radius 3 is 2.67 bits per heavy atom. The van der Waals surface area contributed by atoms with Crippen LogP contribution in [0, 0.1) is 17.1 Å². The lowest BCUT2D eigenvalue weighted by molar-refractivity contribution is 0.165. The van der Waals surface area contributed by atoms with Crippen molar-refractivity contribution in [1.82, 2.24) is 10.2 Å². The first-order valence-corrected chi connectivity index (χ1v) is 6.26. The molecule has 2 atom stereocenters. The maximum absolute atomic E-state index is 14.0. The highest BCUT2D eigenvalue weighted by molar-refractivity contribution is 5.34. The van der Waals surface area contributed by atoms with Gasteiger partial charge in [-0.05, 0) is 19.9 Å². The van der Waals surface area contributed by atoms with Crippen molar-refractivity contribution in [2.75, 3.05) is 13.1 Å². The van der Waals surface area contributed by atoms with E-state index in [-0.39, 0.29) is 11.4 Å². The van der Waals surface area contributed by atoms with Gasteiger partial charge in [-0.15, -0.1) is 0 Å². The van der Waals surface area contributed by atoms with Crippen molar-refractivity contribution < 1.29 is 4.39 Å². The van der Waals surface area contributed by atoms with Gasteiger partial charge in [0.25, 0.3) is 0 Å². The van der Waals surface area contributed by atoms with Crippen LogP contribution < -0.4 is 5.32 Å². The predicted molar refractivity (Wildman–Crippen MR) is 68.5 cm³/mol. The molecule has 0 saturated carbocycles. The number of rotatable bonds is 2. The smallest absolute Gasteiger partial charge is 0.145 e. The molecule has 2 unspecified atom stereocenters. The Labute approximate surface area is 107 Å². The number of piperazine rings is 1. The van der Waals surface area contributed by atoms with Crippen molar-refractivity contribution in [3.8, 4) is 6.07 Å². The quantitative estimate of drug-likeness (QED) is 0.867. The number of halogens is 1. The van der Waals surface area contributed by atoms with Gasteiger partial charge in [-0.25, -0.2) is 4.39 Å². The number of nitrogens with one attached hydrogen (secondary N) is 1. The van der Waals surface area contributed by atoms with Crippen molar-refractivity contribution in [3.05, 3.63) is 35.1 Å². The summed E-state index contributed by atoms with van der Waals surface area (Å²) in [6.45, 7) is 6.63. The van der Waals surface area contributed by atoms with Crippen LogP contribution in [0.4, 0.5) is 4.39 Å². The zero-order valence-corrected chi connectivity index (χ0v) is 10.8. The largest absolute Gasteiger partial charge is 0.309 e. The fraction of sp³-hybridized carbons (Fsp3) is 0.500. The Morgan fingerprint density at radius 1 is 1.39 bits per heavy atom. The molecule has 0 aromatic heterocycles. The summed E-state index contributed by atoms with van der Waals surface area (Å²) < 4.78 is 14.0. The Bertz CT molecular complexity index is 457. The molecule has 0 aliphatic carbocycles. The minimum Gasteiger partial charge on any atom is -0.309 e. The van der Waals surface area contributed by atoms with Crippen LogP contribution in [-0.4, -0.2) is 30.1 Å². The zero-order chi connectivity index (χ0) is 13.1. The lowest BCUT2D eigenvalue weighted by Gasteiger charge is -2.36. The summed E-state index contributed by atoms with van der Waals surface area (Å²) in [5, 5.41) is 12.3. The Morgan fingerprint density at radius 2 is 2.06 bits per heavy atom. The standard InChI is InChI=1S/C14H18FN3/c1-10-7-18(8-11(2)17-10)9-13-5-3-4-12(6-16)14(13)15/h3-5,10-11,17H,7-9H2,1-2H3. The van der Waals surface area contributed by atoms with Crippen LogP contribution in [0.1, 0.15) is 25.0 Å². The lowest BCUT2D eigenvalue weighted by atomic mass is 10.1. The number of nitrogens with zero attached hydrogens (tertiary/aromatic N) is 2. The van der Waals surface area contributed by atoms with Crippen LogP contribution in [0.25, 0.3) is 0 Å². The molecule has 1 aromatic carbocycles. The lowest BCUT2D eigenvalue weighted by Crippen LogP contribution is -2.53. The van der Waals surface area contributed by atoms with E-state index in [2.05, 4.69) is 24.1 Å². The minimum atomic E-state index is -0.376. The maximum Gasteiger partial charge on any atom is 0.145 e. The fourth-order valence-corrected chi connectivity index (χ4v) is 2.60. The van der Waals surface area contributed by atoms with Gasteiger partial charge in [0.1, 0.15) is 11.9 Å². The first-order valence-electron chi connectivity index (χ1n) is 6.26. The molecule has 1 saturated heterocycles. The van der Waals surface area contributed by atoms with E-state index in [1.807, 2.05) is 6.07 Å². The van der Waals surface area contributed by atoms with Gasteiger partial charge in [-0.1, -0.05) is 12.1 Å². The molecule has 0 bridgehead atoms. The molecule has 96 valence electrons. The summed E-state index contributed by atoms with van der Waals surface area (Å²) in [4.78, 5) is 2.23. The van der Waals surface area contributed by atoms with Gasteiger partial charge in [0.05, 0.1) is 5.56 Å². The van der Waals surface area contributed by atoms with Gasteiger partial charge in [0.15, 0.2) is 0 Å². The van der Waals surface area contributed by atoms with Crippen molar-refractivity contribution in [2.24, 2.45) is 0 Å². The summed E-state index contributed by atoms with van der Waals surface area (Å²) in [6.07, 6.45) is 0. The molecule has 0 spiro atoms. The van der Waals surface area contributed by atoms with E-state index >= 15 is 0 Å². The second-order valence-electron chi connectivity index (χ2n) is 5.05. The number of benzene rings is 1. The highest BCUT2D eigenvalue weighted by Crippen LogP contribution is 2.16. The maximum atomic E-state index is 14.0. The fourth-order valence-electron chi connectivity index (χ4n) is 2.60. The molecule has 1 N–H and O–H groups in total. The number of nitriles is 1. The molecular weight excluding hydrogens is 229 g/mol. The highest BCUT2D eigenvalue weighted by Gasteiger charge is 2.22. The van der Waals surface area contributed by atoms with E-state index in [4.69, 9.17) is 5.26 Å². The number of hydrogen-bond donors (Lipinski definition) is 1. The van der Waals surface area contributed by atoms with E-state index in [1.165, 1.54) is 6.07 Å². The third-order valence-corrected chi connectivity index (χ3v) is 3.23. The summed E-state index contributed by atoms with van der Waals surface area (Å²) in [6, 6.07) is 7.73. The first kappa shape index (κ1) is 13.0. The average Bonchev–Trinajstić information content (AvgIpc) is 2.30. The second-order valence-corrected chi connectivity index (χ2v) is 5.05. The third-order valence-electron chi connectivity index (χ3n) is 3.23. The number of hydrogen-bond acceptors (Lipinski definition) is 3. The zero-order valence-electron chi connectivity index (χ0n) is 10.8. The minimum absolute atomic E-state index is 0.128. The normalized spacial score (nSPS) is 24.8. The van der Waals surface area contributed by atoms with Gasteiger partial charge >= 0.3 is 0 Å². The molecule has 1 aliphatic rings. The predicted octanol–water partition coefficient (Wildman–Crippen LogP) is 1.88. The summed E-state index contributed by atoms with van der Waals surface area (Å²) in [7, 11) is 0. The topological polar surface area (TPSA) is 39.1 Å². The van der Waals surface area contributed by atoms with Crippen LogP contribution in [0.15, 0.2) is 18.2 Å².